The zero-order valence-electron chi connectivity index (χ0n) is 28.2. The molecule has 0 spiro atoms. The van der Waals surface area contributed by atoms with E-state index in [1.165, 1.54) is 17.4 Å². The van der Waals surface area contributed by atoms with E-state index in [0.29, 0.717) is 26.9 Å². The topological polar surface area (TPSA) is 25.8 Å². The largest absolute Gasteiger partial charge is 0.235 e. The maximum atomic E-state index is 8.40. The molecule has 32 heavy (non-hydrogen) atoms. The molecule has 0 N–H and O–H groups in total. The zero-order chi connectivity index (χ0) is 31.0. The second-order valence-electron chi connectivity index (χ2n) is 9.51. The molecule has 5 rings (SSSR count). The maximum absolute atomic E-state index is 8.40. The van der Waals surface area contributed by atoms with E-state index in [1.54, 1.807) is 30.3 Å². The minimum Gasteiger partial charge on any atom is -0.235 e. The summed E-state index contributed by atoms with van der Waals surface area (Å²) < 4.78 is 85.4. The highest BCUT2D eigenvalue weighted by molar-refractivity contribution is 7.26. The van der Waals surface area contributed by atoms with Crippen LogP contribution < -0.4 is 5.19 Å². The number of thiophene rings is 1. The first-order valence-electron chi connectivity index (χ1n) is 15.5. The molecule has 0 atom stereocenters. The summed E-state index contributed by atoms with van der Waals surface area (Å²) in [4.78, 5) is 8.83. The third kappa shape index (κ3) is 3.87. The van der Waals surface area contributed by atoms with Crippen molar-refractivity contribution in [2.75, 3.05) is 0 Å². The van der Waals surface area contributed by atoms with Crippen LogP contribution in [0.3, 0.4) is 0 Å². The van der Waals surface area contributed by atoms with Gasteiger partial charge in [0.25, 0.3) is 0 Å². The minimum absolute atomic E-state index is 0.0792. The van der Waals surface area contributed by atoms with Gasteiger partial charge in [0, 0.05) is 28.0 Å². The lowest BCUT2D eigenvalue weighted by molar-refractivity contribution is 0.411. The van der Waals surface area contributed by atoms with Crippen LogP contribution in [0.25, 0.3) is 42.3 Å². The summed E-state index contributed by atoms with van der Waals surface area (Å²) in [5.74, 6) is 0. The molecule has 0 radical (unpaired) electrons. The summed E-state index contributed by atoms with van der Waals surface area (Å²) in [5.41, 5.74) is 2.48. The molecule has 0 aliphatic carbocycles. The number of fused-ring (bicyclic) bond motifs is 4. The van der Waals surface area contributed by atoms with Gasteiger partial charge in [0.15, 0.2) is 0 Å². The van der Waals surface area contributed by atoms with E-state index in [2.05, 4.69) is 36.8 Å². The number of rotatable bonds is 3. The molecule has 2 heterocycles. The Labute approximate surface area is 209 Å². The van der Waals surface area contributed by atoms with Crippen molar-refractivity contribution in [3.05, 3.63) is 66.5 Å². The molecule has 0 saturated carbocycles. The standard InChI is InChI=1S/C28H30N2SSi/c1-28(2,3)16-18-11-12-22-23(13-18)31-27-25(29-17-30-26(22)27)20-14-19-9-7-8-10-21(19)24(15-20)32(4,5)6/h7-15,17H,16H2,1-6H3/i4D3,5D3,6D3,17D. The minimum atomic E-state index is -5.34. The molecular formula is C28H30N2SSi. The van der Waals surface area contributed by atoms with Crippen LogP contribution in [-0.4, -0.2) is 18.0 Å². The summed E-state index contributed by atoms with van der Waals surface area (Å²) in [6, 6.07) is 15.9. The van der Waals surface area contributed by atoms with Crippen LogP contribution in [-0.2, 0) is 6.42 Å². The van der Waals surface area contributed by atoms with E-state index >= 15 is 0 Å². The number of aromatic nitrogens is 2. The highest BCUT2D eigenvalue weighted by atomic mass is 32.1. The molecule has 162 valence electrons. The van der Waals surface area contributed by atoms with Gasteiger partial charge in [-0.2, -0.15) is 0 Å². The van der Waals surface area contributed by atoms with Crippen LogP contribution in [0.2, 0.25) is 19.4 Å². The summed E-state index contributed by atoms with van der Waals surface area (Å²) in [7, 11) is -5.34. The summed E-state index contributed by atoms with van der Waals surface area (Å²) in [6.45, 7) is -3.36. The third-order valence-corrected chi connectivity index (χ3v) is 7.91. The number of benzene rings is 3. The van der Waals surface area contributed by atoms with Gasteiger partial charge in [0.1, 0.15) is 7.67 Å². The molecule has 0 unspecified atom stereocenters. The molecule has 0 amide bonds. The Balaban J connectivity index is 1.88. The van der Waals surface area contributed by atoms with Gasteiger partial charge in [0.05, 0.1) is 24.0 Å². The highest BCUT2D eigenvalue weighted by Crippen LogP contribution is 2.39. The fourth-order valence-corrected chi connectivity index (χ4v) is 6.47. The van der Waals surface area contributed by atoms with Crippen LogP contribution in [0.5, 0.6) is 0 Å². The van der Waals surface area contributed by atoms with E-state index in [4.69, 9.17) is 13.7 Å². The first-order valence-corrected chi connectivity index (χ1v) is 13.3. The zero-order valence-corrected chi connectivity index (χ0v) is 20.0. The van der Waals surface area contributed by atoms with Crippen molar-refractivity contribution in [3.8, 4) is 11.3 Å². The van der Waals surface area contributed by atoms with E-state index in [0.717, 1.165) is 22.1 Å². The Morgan fingerprint density at radius 1 is 0.969 bits per heavy atom. The fraction of sp³-hybridized carbons (Fsp3) is 0.286. The molecule has 3 aromatic carbocycles. The van der Waals surface area contributed by atoms with Crippen molar-refractivity contribution in [2.24, 2.45) is 5.41 Å². The molecule has 4 heteroatoms. The molecule has 0 aliphatic rings. The lowest BCUT2D eigenvalue weighted by Crippen LogP contribution is -2.38. The second-order valence-corrected chi connectivity index (χ2v) is 12.6. The van der Waals surface area contributed by atoms with E-state index in [-0.39, 0.29) is 22.3 Å². The first-order chi connectivity index (χ1) is 19.2. The van der Waals surface area contributed by atoms with Crippen molar-refractivity contribution in [1.82, 2.24) is 9.97 Å². The van der Waals surface area contributed by atoms with Gasteiger partial charge in [-0.25, -0.2) is 9.97 Å². The van der Waals surface area contributed by atoms with Gasteiger partial charge in [-0.15, -0.1) is 11.3 Å². The van der Waals surface area contributed by atoms with Gasteiger partial charge in [0.2, 0.25) is 0 Å². The third-order valence-electron chi connectivity index (χ3n) is 5.54. The first kappa shape index (κ1) is 12.6. The van der Waals surface area contributed by atoms with Gasteiger partial charge >= 0.3 is 0 Å². The predicted molar refractivity (Wildman–Crippen MR) is 144 cm³/mol. The SMILES string of the molecule is [2H]c1nc(-c2cc([Si](C([2H])([2H])[2H])(C([2H])([2H])[2H])C([2H])([2H])[2H])c3ccccc3c2)c2sc3cc(CC(C)(C)C)ccc3c2n1. The number of hydrogen-bond donors (Lipinski definition) is 0. The second kappa shape index (κ2) is 7.50. The van der Waals surface area contributed by atoms with Gasteiger partial charge in [-0.3, -0.25) is 0 Å². The van der Waals surface area contributed by atoms with Crippen molar-refractivity contribution in [1.29, 1.82) is 0 Å². The Hall–Kier alpha value is -2.56. The molecule has 5 aromatic rings. The highest BCUT2D eigenvalue weighted by Gasteiger charge is 2.22. The van der Waals surface area contributed by atoms with Gasteiger partial charge in [-0.1, -0.05) is 87.8 Å². The Morgan fingerprint density at radius 2 is 1.78 bits per heavy atom. The lowest BCUT2D eigenvalue weighted by Gasteiger charge is -2.21. The number of hydrogen-bond acceptors (Lipinski definition) is 3. The van der Waals surface area contributed by atoms with Crippen molar-refractivity contribution < 1.29 is 13.7 Å². The predicted octanol–water partition coefficient (Wildman–Crippen LogP) is 7.80. The Kier molecular flexibility index (Phi) is 2.96. The van der Waals surface area contributed by atoms with E-state index < -0.39 is 27.5 Å². The summed E-state index contributed by atoms with van der Waals surface area (Å²) in [6.07, 6.45) is 0.608. The lowest BCUT2D eigenvalue weighted by atomic mass is 9.88. The van der Waals surface area contributed by atoms with Gasteiger partial charge < -0.3 is 0 Å². The molecule has 0 saturated heterocycles. The maximum Gasteiger partial charge on any atom is 0.116 e. The molecule has 2 aromatic heterocycles. The molecule has 0 fully saturated rings. The van der Waals surface area contributed by atoms with Crippen molar-refractivity contribution >= 4 is 55.7 Å². The van der Waals surface area contributed by atoms with Crippen molar-refractivity contribution in [2.45, 2.75) is 46.6 Å². The molecular weight excluding hydrogens is 424 g/mol. The van der Waals surface area contributed by atoms with Crippen LogP contribution in [0.15, 0.2) is 60.9 Å². The Bertz CT molecular complexity index is 1800. The number of nitrogens with zero attached hydrogens (tertiary/aromatic N) is 2. The fourth-order valence-electron chi connectivity index (χ4n) is 4.25. The van der Waals surface area contributed by atoms with Gasteiger partial charge in [-0.05, 0) is 40.3 Å². The van der Waals surface area contributed by atoms with Crippen LogP contribution in [0, 0.1) is 5.41 Å². The summed E-state index contributed by atoms with van der Waals surface area (Å²) in [5, 5.41) is 1.42. The average molecular weight is 465 g/mol. The van der Waals surface area contributed by atoms with Crippen LogP contribution in [0.4, 0.5) is 0 Å². The normalized spacial score (nSPS) is 18.6. The summed E-state index contributed by atoms with van der Waals surface area (Å²) >= 11 is 1.44. The van der Waals surface area contributed by atoms with Crippen molar-refractivity contribution in [3.63, 3.8) is 0 Å². The van der Waals surface area contributed by atoms with E-state index in [9.17, 15) is 0 Å². The monoisotopic (exact) mass is 464 g/mol. The molecule has 0 aliphatic heterocycles. The van der Waals surface area contributed by atoms with Crippen LogP contribution >= 0.6 is 11.3 Å². The quantitative estimate of drug-likeness (QED) is 0.255. The average Bonchev–Trinajstić information content (AvgIpc) is 3.17. The van der Waals surface area contributed by atoms with Crippen LogP contribution in [0.1, 0.15) is 40.0 Å². The Morgan fingerprint density at radius 3 is 2.56 bits per heavy atom. The smallest absolute Gasteiger partial charge is 0.116 e. The van der Waals surface area contributed by atoms with E-state index in [1.807, 2.05) is 12.1 Å². The molecule has 0 bridgehead atoms. The molecule has 2 nitrogen and oxygen atoms in total.